The van der Waals surface area contributed by atoms with Crippen molar-refractivity contribution in [3.63, 3.8) is 0 Å². The average Bonchev–Trinajstić information content (AvgIpc) is 3.32. The molecule has 0 N–H and O–H groups in total. The van der Waals surface area contributed by atoms with E-state index in [2.05, 4.69) is 5.10 Å². The van der Waals surface area contributed by atoms with Gasteiger partial charge in [-0.15, -0.1) is 0 Å². The maximum Gasteiger partial charge on any atom is 0.241 e. The summed E-state index contributed by atoms with van der Waals surface area (Å²) in [5.41, 5.74) is 1.79. The molecule has 1 fully saturated rings. The summed E-state index contributed by atoms with van der Waals surface area (Å²) in [6, 6.07) is 17.2. The fourth-order valence-electron chi connectivity index (χ4n) is 3.92. The minimum Gasteiger partial charge on any atom is -0.379 e. The number of carbonyl (C=O) groups is 1. The zero-order valence-corrected chi connectivity index (χ0v) is 19.4. The second-order valence-electron chi connectivity index (χ2n) is 8.08. The molecule has 0 spiro atoms. The van der Waals surface area contributed by atoms with Gasteiger partial charge >= 0.3 is 0 Å². The largest absolute Gasteiger partial charge is 0.379 e. The van der Waals surface area contributed by atoms with Gasteiger partial charge in [0.25, 0.3) is 0 Å². The molecule has 2 heterocycles. The Morgan fingerprint density at radius 1 is 1.06 bits per heavy atom. The number of ether oxygens (including phenoxy) is 1. The number of likely N-dealkylation sites (N-methyl/N-ethyl adjacent to an activating group) is 1. The van der Waals surface area contributed by atoms with Crippen LogP contribution in [0.4, 0.5) is 0 Å². The minimum absolute atomic E-state index is 0.225. The molecule has 1 atom stereocenters. The van der Waals surface area contributed by atoms with Crippen molar-refractivity contribution >= 4 is 15.7 Å². The molecule has 1 aromatic heterocycles. The predicted molar refractivity (Wildman–Crippen MR) is 125 cm³/mol. The molecule has 1 saturated heterocycles. The first-order valence-electron chi connectivity index (χ1n) is 10.9. The molecule has 0 bridgehead atoms. The van der Waals surface area contributed by atoms with Crippen molar-refractivity contribution in [2.45, 2.75) is 17.5 Å². The molecule has 174 valence electrons. The Morgan fingerprint density at radius 2 is 1.70 bits per heavy atom. The molecule has 8 nitrogen and oxygen atoms in total. The monoisotopic (exact) mass is 468 g/mol. The molecule has 2 aromatic carbocycles. The summed E-state index contributed by atoms with van der Waals surface area (Å²) in [6.45, 7) is 2.31. The zero-order chi connectivity index (χ0) is 23.3. The molecule has 1 aliphatic rings. The molecule has 0 aliphatic carbocycles. The van der Waals surface area contributed by atoms with E-state index in [-0.39, 0.29) is 16.6 Å². The first-order valence-corrected chi connectivity index (χ1v) is 12.5. The number of sulfone groups is 1. The lowest BCUT2D eigenvalue weighted by Crippen LogP contribution is -2.54. The van der Waals surface area contributed by atoms with E-state index >= 15 is 0 Å². The van der Waals surface area contributed by atoms with E-state index in [0.717, 1.165) is 11.3 Å². The van der Waals surface area contributed by atoms with Crippen LogP contribution in [0.25, 0.3) is 5.69 Å². The number of amides is 1. The number of rotatable bonds is 8. The number of para-hydroxylation sites is 1. The summed E-state index contributed by atoms with van der Waals surface area (Å²) >= 11 is 0. The first-order chi connectivity index (χ1) is 15.9. The van der Waals surface area contributed by atoms with E-state index in [1.165, 1.54) is 0 Å². The summed E-state index contributed by atoms with van der Waals surface area (Å²) < 4.78 is 33.4. The average molecular weight is 469 g/mol. The van der Waals surface area contributed by atoms with Gasteiger partial charge in [-0.2, -0.15) is 5.10 Å². The lowest BCUT2D eigenvalue weighted by Gasteiger charge is -2.35. The molecule has 1 amide bonds. The SMILES string of the molecule is CN(Cc1cnn(-c2ccccc2)c1)C(=O)C(CS(=O)(=O)c1ccccc1)N1CCOCC1. The third-order valence-electron chi connectivity index (χ3n) is 5.70. The first kappa shape index (κ1) is 23.2. The van der Waals surface area contributed by atoms with Crippen molar-refractivity contribution in [1.82, 2.24) is 19.6 Å². The number of hydrogen-bond donors (Lipinski definition) is 0. The number of benzene rings is 2. The van der Waals surface area contributed by atoms with E-state index < -0.39 is 15.9 Å². The lowest BCUT2D eigenvalue weighted by molar-refractivity contribution is -0.137. The van der Waals surface area contributed by atoms with Gasteiger partial charge in [0.2, 0.25) is 5.91 Å². The zero-order valence-electron chi connectivity index (χ0n) is 18.6. The summed E-state index contributed by atoms with van der Waals surface area (Å²) in [4.78, 5) is 17.2. The molecule has 33 heavy (non-hydrogen) atoms. The predicted octanol–water partition coefficient (Wildman–Crippen LogP) is 2.01. The van der Waals surface area contributed by atoms with Crippen molar-refractivity contribution in [1.29, 1.82) is 0 Å². The standard InChI is InChI=1S/C24H28N4O4S/c1-26(17-20-16-25-28(18-20)21-8-4-2-5-9-21)24(29)23(27-12-14-32-15-13-27)19-33(30,31)22-10-6-3-7-11-22/h2-11,16,18,23H,12-15,17,19H2,1H3. The Bertz CT molecular complexity index is 1160. The van der Waals surface area contributed by atoms with E-state index in [9.17, 15) is 13.2 Å². The van der Waals surface area contributed by atoms with Gasteiger partial charge in [0.15, 0.2) is 9.84 Å². The van der Waals surface area contributed by atoms with Crippen LogP contribution in [0, 0.1) is 0 Å². The Hall–Kier alpha value is -3.01. The van der Waals surface area contributed by atoms with Crippen LogP contribution in [0.15, 0.2) is 78.0 Å². The van der Waals surface area contributed by atoms with E-state index in [4.69, 9.17) is 4.74 Å². The van der Waals surface area contributed by atoms with Gasteiger partial charge in [0.1, 0.15) is 6.04 Å². The van der Waals surface area contributed by atoms with Crippen LogP contribution in [0.3, 0.4) is 0 Å². The third kappa shape index (κ3) is 5.68. The second-order valence-corrected chi connectivity index (χ2v) is 10.1. The second kappa shape index (κ2) is 10.3. The maximum absolute atomic E-state index is 13.5. The highest BCUT2D eigenvalue weighted by Gasteiger charge is 2.34. The van der Waals surface area contributed by atoms with Gasteiger partial charge in [-0.05, 0) is 24.3 Å². The van der Waals surface area contributed by atoms with E-state index in [1.54, 1.807) is 53.2 Å². The van der Waals surface area contributed by atoms with E-state index in [0.29, 0.717) is 32.8 Å². The Kier molecular flexibility index (Phi) is 7.22. The fraction of sp³-hybridized carbons (Fsp3) is 0.333. The van der Waals surface area contributed by atoms with Crippen LogP contribution in [0.1, 0.15) is 5.56 Å². The maximum atomic E-state index is 13.5. The highest BCUT2D eigenvalue weighted by Crippen LogP contribution is 2.18. The van der Waals surface area contributed by atoms with Crippen molar-refractivity contribution in [3.8, 4) is 5.69 Å². The van der Waals surface area contributed by atoms with Crippen molar-refractivity contribution in [2.75, 3.05) is 39.1 Å². The number of hydrogen-bond acceptors (Lipinski definition) is 6. The topological polar surface area (TPSA) is 84.7 Å². The highest BCUT2D eigenvalue weighted by atomic mass is 32.2. The highest BCUT2D eigenvalue weighted by molar-refractivity contribution is 7.91. The molecular formula is C24H28N4O4S. The number of morpholine rings is 1. The smallest absolute Gasteiger partial charge is 0.241 e. The fourth-order valence-corrected chi connectivity index (χ4v) is 5.46. The van der Waals surface area contributed by atoms with Crippen LogP contribution in [-0.4, -0.2) is 79.1 Å². The molecule has 3 aromatic rings. The Morgan fingerprint density at radius 3 is 2.36 bits per heavy atom. The normalized spacial score (nSPS) is 15.8. The van der Waals surface area contributed by atoms with Crippen molar-refractivity contribution in [2.24, 2.45) is 0 Å². The molecule has 1 aliphatic heterocycles. The van der Waals surface area contributed by atoms with Crippen LogP contribution in [0.2, 0.25) is 0 Å². The summed E-state index contributed by atoms with van der Waals surface area (Å²) in [7, 11) is -1.94. The molecule has 1 unspecified atom stereocenters. The summed E-state index contributed by atoms with van der Waals surface area (Å²) in [6.07, 6.45) is 3.60. The Balaban J connectivity index is 1.51. The van der Waals surface area contributed by atoms with Crippen molar-refractivity contribution in [3.05, 3.63) is 78.6 Å². The minimum atomic E-state index is -3.64. The quantitative estimate of drug-likeness (QED) is 0.503. The molecule has 4 rings (SSSR count). The number of carbonyl (C=O) groups excluding carboxylic acids is 1. The molecular weight excluding hydrogens is 440 g/mol. The lowest BCUT2D eigenvalue weighted by atomic mass is 10.2. The van der Waals surface area contributed by atoms with Crippen LogP contribution < -0.4 is 0 Å². The number of nitrogens with zero attached hydrogens (tertiary/aromatic N) is 4. The van der Waals surface area contributed by atoms with Gasteiger partial charge in [-0.25, -0.2) is 13.1 Å². The van der Waals surface area contributed by atoms with Gasteiger partial charge in [0.05, 0.1) is 35.7 Å². The van der Waals surface area contributed by atoms with Gasteiger partial charge < -0.3 is 9.64 Å². The summed E-state index contributed by atoms with van der Waals surface area (Å²) in [5.74, 6) is -0.507. The van der Waals surface area contributed by atoms with Gasteiger partial charge in [-0.3, -0.25) is 9.69 Å². The van der Waals surface area contributed by atoms with Crippen LogP contribution >= 0.6 is 0 Å². The molecule has 0 radical (unpaired) electrons. The molecule has 9 heteroatoms. The Labute approximate surface area is 194 Å². The van der Waals surface area contributed by atoms with E-state index in [1.807, 2.05) is 41.4 Å². The third-order valence-corrected chi connectivity index (χ3v) is 7.45. The van der Waals surface area contributed by atoms with Crippen molar-refractivity contribution < 1.29 is 17.9 Å². The van der Waals surface area contributed by atoms with Gasteiger partial charge in [0, 0.05) is 38.4 Å². The van der Waals surface area contributed by atoms with Gasteiger partial charge in [-0.1, -0.05) is 36.4 Å². The summed E-state index contributed by atoms with van der Waals surface area (Å²) in [5, 5.41) is 4.39. The van der Waals surface area contributed by atoms with Crippen LogP contribution in [-0.2, 0) is 25.9 Å². The molecule has 0 saturated carbocycles. The van der Waals surface area contributed by atoms with Crippen LogP contribution in [0.5, 0.6) is 0 Å². The number of aromatic nitrogens is 2.